The zero-order chi connectivity index (χ0) is 38.0. The van der Waals surface area contributed by atoms with Gasteiger partial charge in [-0.25, -0.2) is 0 Å². The van der Waals surface area contributed by atoms with Gasteiger partial charge in [0.1, 0.15) is 0 Å². The number of rotatable bonds is 5. The maximum absolute atomic E-state index is 6.69. The molecule has 3 aromatic heterocycles. The molecule has 3 aromatic carbocycles. The van der Waals surface area contributed by atoms with Gasteiger partial charge in [0, 0.05) is 6.20 Å². The van der Waals surface area contributed by atoms with E-state index >= 15 is 0 Å². The molecule has 0 fully saturated rings. The van der Waals surface area contributed by atoms with Crippen LogP contribution in [0.2, 0.25) is 0 Å². The molecule has 274 valence electrons. The molecule has 0 aliphatic carbocycles. The van der Waals surface area contributed by atoms with Crippen molar-refractivity contribution in [3.63, 3.8) is 0 Å². The van der Waals surface area contributed by atoms with Gasteiger partial charge < -0.3 is 0 Å². The number of aromatic nitrogens is 3. The minimum Gasteiger partial charge on any atom is -0.0561 e. The summed E-state index contributed by atoms with van der Waals surface area (Å²) in [6.07, 6.45) is 7.64. The van der Waals surface area contributed by atoms with Crippen LogP contribution in [-0.2, 0) is 16.2 Å². The maximum atomic E-state index is 6.69. The van der Waals surface area contributed by atoms with Gasteiger partial charge in [-0.15, -0.1) is 0 Å². The number of nitrogens with zero attached hydrogens (tertiary/aromatic N) is 6. The smallest absolute Gasteiger partial charge is 0.0131 e. The first kappa shape index (κ1) is 35.8. The monoisotopic (exact) mass is 780 g/mol. The molecule has 0 atom stereocenters. The molecule has 8 rings (SSSR count). The number of benzene rings is 3. The van der Waals surface area contributed by atoms with Crippen LogP contribution in [0.15, 0.2) is 116 Å². The minimum absolute atomic E-state index is 0.00991. The summed E-state index contributed by atoms with van der Waals surface area (Å²) in [4.78, 5) is 21.2. The van der Waals surface area contributed by atoms with Gasteiger partial charge in [0.15, 0.2) is 0 Å². The van der Waals surface area contributed by atoms with Crippen LogP contribution in [0, 0.1) is 0 Å². The molecule has 0 spiro atoms. The van der Waals surface area contributed by atoms with Crippen molar-refractivity contribution in [3.05, 3.63) is 132 Å². The summed E-state index contributed by atoms with van der Waals surface area (Å²) >= 11 is 0.118. The Kier molecular flexibility index (Phi) is 8.82. The Bertz CT molecular complexity index is 2340. The van der Waals surface area contributed by atoms with Crippen LogP contribution in [0.4, 0.5) is 40.1 Å². The summed E-state index contributed by atoms with van der Waals surface area (Å²) in [5.41, 5.74) is 9.28. The van der Waals surface area contributed by atoms with Crippen molar-refractivity contribution >= 4 is 64.0 Å². The van der Waals surface area contributed by atoms with E-state index in [-0.39, 0.29) is 31.2 Å². The van der Waals surface area contributed by atoms with Crippen LogP contribution in [0.5, 0.6) is 11.5 Å². The third-order valence-electron chi connectivity index (χ3n) is 10.2. The molecular formula is C46H48N6OSe. The molecule has 0 saturated carbocycles. The summed E-state index contributed by atoms with van der Waals surface area (Å²) in [7, 11) is 0. The minimum atomic E-state index is -0.0111. The summed E-state index contributed by atoms with van der Waals surface area (Å²) in [5.74, 6) is 3.36. The molecular weight excluding hydrogens is 732 g/mol. The molecule has 2 aliphatic heterocycles. The van der Waals surface area contributed by atoms with Crippen molar-refractivity contribution in [2.24, 2.45) is 0 Å². The molecule has 0 saturated heterocycles. The van der Waals surface area contributed by atoms with Crippen LogP contribution in [0.3, 0.4) is 0 Å². The largest absolute Gasteiger partial charge is 0.0561 e. The van der Waals surface area contributed by atoms with E-state index in [0.717, 1.165) is 51.6 Å². The van der Waals surface area contributed by atoms with Crippen LogP contribution < -0.4 is 28.4 Å². The first-order valence-electron chi connectivity index (χ1n) is 18.6. The molecule has 0 unspecified atom stereocenters. The van der Waals surface area contributed by atoms with Crippen LogP contribution >= 0.6 is 0 Å². The van der Waals surface area contributed by atoms with E-state index in [4.69, 9.17) is 14.7 Å². The number of ether oxygens (including phenoxy) is 1. The quantitative estimate of drug-likeness (QED) is 0.161. The van der Waals surface area contributed by atoms with Gasteiger partial charge in [-0.2, -0.15) is 0 Å². The molecule has 0 radical (unpaired) electrons. The van der Waals surface area contributed by atoms with E-state index < -0.39 is 0 Å². The predicted molar refractivity (Wildman–Crippen MR) is 224 cm³/mol. The van der Waals surface area contributed by atoms with Crippen molar-refractivity contribution in [1.82, 2.24) is 15.0 Å². The number of hydrogen-bond acceptors (Lipinski definition) is 7. The third kappa shape index (κ3) is 6.85. The fourth-order valence-electron chi connectivity index (χ4n) is 6.95. The van der Waals surface area contributed by atoms with E-state index in [1.807, 2.05) is 36.9 Å². The van der Waals surface area contributed by atoms with Crippen molar-refractivity contribution in [2.75, 3.05) is 21.4 Å². The average Bonchev–Trinajstić information content (AvgIpc) is 3.53. The Labute approximate surface area is 326 Å². The number of fused-ring (bicyclic) bond motifs is 3. The average molecular weight is 780 g/mol. The summed E-state index contributed by atoms with van der Waals surface area (Å²) in [6.45, 7) is 21.0. The van der Waals surface area contributed by atoms with Crippen molar-refractivity contribution in [3.8, 4) is 11.5 Å². The Hall–Kier alpha value is -5.17. The van der Waals surface area contributed by atoms with Gasteiger partial charge in [0.25, 0.3) is 0 Å². The van der Waals surface area contributed by atoms with Gasteiger partial charge in [-0.1, -0.05) is 47.6 Å². The second-order valence-electron chi connectivity index (χ2n) is 17.3. The van der Waals surface area contributed by atoms with Crippen LogP contribution in [0.25, 0.3) is 0 Å². The van der Waals surface area contributed by atoms with E-state index in [2.05, 4.69) is 161 Å². The Balaban J connectivity index is 1.13. The second kappa shape index (κ2) is 13.3. The molecule has 8 heteroatoms. The normalized spacial score (nSPS) is 14.1. The molecule has 7 nitrogen and oxygen atoms in total. The van der Waals surface area contributed by atoms with Crippen molar-refractivity contribution in [2.45, 2.75) is 78.6 Å². The molecule has 0 bridgehead atoms. The Morgan fingerprint density at radius 1 is 0.556 bits per heavy atom. The van der Waals surface area contributed by atoms with E-state index in [9.17, 15) is 0 Å². The molecule has 0 N–H and O–H groups in total. The second-order valence-corrected chi connectivity index (χ2v) is 19.5. The van der Waals surface area contributed by atoms with Gasteiger partial charge in [-0.3, -0.25) is 0 Å². The number of hydrogen-bond donors (Lipinski definition) is 0. The Morgan fingerprint density at radius 2 is 1.28 bits per heavy atom. The number of anilines is 7. The van der Waals surface area contributed by atoms with Crippen molar-refractivity contribution in [1.29, 1.82) is 0 Å². The van der Waals surface area contributed by atoms with Gasteiger partial charge >= 0.3 is 240 Å². The first-order chi connectivity index (χ1) is 25.6. The van der Waals surface area contributed by atoms with Gasteiger partial charge in [-0.05, 0) is 34.1 Å². The molecule has 0 amide bonds. The molecule has 2 aliphatic rings. The fourth-order valence-corrected chi connectivity index (χ4v) is 9.06. The summed E-state index contributed by atoms with van der Waals surface area (Å²) in [5, 5.41) is 0. The fraction of sp³-hybridized carbons (Fsp3) is 0.283. The Morgan fingerprint density at radius 3 is 2.02 bits per heavy atom. The van der Waals surface area contributed by atoms with Crippen LogP contribution in [0.1, 0.15) is 79.0 Å². The zero-order valence-electron chi connectivity index (χ0n) is 32.7. The predicted octanol–water partition coefficient (Wildman–Crippen LogP) is 10.2. The van der Waals surface area contributed by atoms with Crippen LogP contribution in [-0.4, -0.2) is 36.6 Å². The zero-order valence-corrected chi connectivity index (χ0v) is 34.4. The van der Waals surface area contributed by atoms with Gasteiger partial charge in [0.05, 0.1) is 0 Å². The third-order valence-corrected chi connectivity index (χ3v) is 12.5. The van der Waals surface area contributed by atoms with Crippen molar-refractivity contribution < 1.29 is 4.74 Å². The van der Waals surface area contributed by atoms with E-state index in [1.54, 1.807) is 0 Å². The first-order valence-corrected chi connectivity index (χ1v) is 20.3. The standard InChI is InChI=1S/C46H48N6OSe/c1-44(2,3)30-17-21-48-42(25-30)52-38-27-36(15-16-40(38)54-41-18-20-47-28-39(41)52)53-35-13-10-12-33(26-35)50-29-51(43-37(50)14-11-19-49-43)34-23-31(45(4,5)6)22-32(24-34)46(7,8)9/h10-28H,29H2,1-9H3. The maximum Gasteiger partial charge on any atom is -0.0131 e. The molecule has 5 heterocycles. The van der Waals surface area contributed by atoms with E-state index in [1.165, 1.54) is 25.6 Å². The molecule has 54 heavy (non-hydrogen) atoms. The summed E-state index contributed by atoms with van der Waals surface area (Å²) < 4.78 is 9.24. The van der Waals surface area contributed by atoms with Gasteiger partial charge in [0.2, 0.25) is 0 Å². The van der Waals surface area contributed by atoms with E-state index in [0.29, 0.717) is 6.67 Å². The SMILES string of the molecule is CC(C)(C)c1cc(N2CN(c3cccc(Oc4ccc5c(c4)N(c4cc(C(C)(C)C)ccn4)c4cnccc4[Se]5)c3)c3cccnc32)cc(C(C)(C)C)c1. The number of pyridine rings is 3. The summed E-state index contributed by atoms with van der Waals surface area (Å²) in [6, 6.07) is 32.5. The topological polar surface area (TPSA) is 57.6 Å². The molecule has 6 aromatic rings.